The summed E-state index contributed by atoms with van der Waals surface area (Å²) in [7, 11) is 0. The van der Waals surface area contributed by atoms with E-state index in [0.717, 1.165) is 23.8 Å². The standard InChI is InChI=1S/C16H21NO3S/c1-10-7-11(2)9-12(8-10)17-16(20)14-5-3-13(21-14)4-6-15(18)19/h3-6,10-12H,7-9H2,1-2H3,(H,17,20)(H,18,19). The van der Waals surface area contributed by atoms with Crippen LogP contribution in [0.2, 0.25) is 0 Å². The van der Waals surface area contributed by atoms with Crippen molar-refractivity contribution in [2.45, 2.75) is 39.2 Å². The van der Waals surface area contributed by atoms with Gasteiger partial charge in [-0.2, -0.15) is 0 Å². The SMILES string of the molecule is CC1CC(C)CC(NC(=O)c2ccc(C=CC(=O)O)s2)C1. The van der Waals surface area contributed by atoms with E-state index < -0.39 is 5.97 Å². The van der Waals surface area contributed by atoms with Gasteiger partial charge in [-0.15, -0.1) is 11.3 Å². The van der Waals surface area contributed by atoms with Crippen LogP contribution in [0.3, 0.4) is 0 Å². The smallest absolute Gasteiger partial charge is 0.328 e. The monoisotopic (exact) mass is 307 g/mol. The van der Waals surface area contributed by atoms with Crippen molar-refractivity contribution in [2.75, 3.05) is 0 Å². The molecule has 114 valence electrons. The molecule has 1 amide bonds. The first-order chi connectivity index (χ1) is 9.94. The molecule has 0 radical (unpaired) electrons. The minimum absolute atomic E-state index is 0.0544. The molecular formula is C16H21NO3S. The Hall–Kier alpha value is -1.62. The molecule has 1 heterocycles. The van der Waals surface area contributed by atoms with Crippen molar-refractivity contribution in [1.82, 2.24) is 5.32 Å². The van der Waals surface area contributed by atoms with Crippen LogP contribution in [0.4, 0.5) is 0 Å². The summed E-state index contributed by atoms with van der Waals surface area (Å²) in [5.74, 6) is 0.258. The molecule has 0 saturated heterocycles. The maximum atomic E-state index is 12.2. The summed E-state index contributed by atoms with van der Waals surface area (Å²) in [5.41, 5.74) is 0. The zero-order chi connectivity index (χ0) is 15.4. The molecule has 2 atom stereocenters. The summed E-state index contributed by atoms with van der Waals surface area (Å²) in [5, 5.41) is 11.7. The molecule has 0 aromatic carbocycles. The Labute approximate surface area is 128 Å². The summed E-state index contributed by atoms with van der Waals surface area (Å²) in [4.78, 5) is 24.1. The van der Waals surface area contributed by atoms with Crippen molar-refractivity contribution in [1.29, 1.82) is 0 Å². The molecule has 1 aliphatic carbocycles. The van der Waals surface area contributed by atoms with Crippen molar-refractivity contribution in [3.63, 3.8) is 0 Å². The molecule has 1 aliphatic rings. The molecule has 4 nitrogen and oxygen atoms in total. The number of rotatable bonds is 4. The highest BCUT2D eigenvalue weighted by molar-refractivity contribution is 7.14. The molecule has 5 heteroatoms. The molecular weight excluding hydrogens is 286 g/mol. The first-order valence-corrected chi connectivity index (χ1v) is 8.07. The highest BCUT2D eigenvalue weighted by atomic mass is 32.1. The minimum Gasteiger partial charge on any atom is -0.478 e. The largest absolute Gasteiger partial charge is 0.478 e. The molecule has 0 bridgehead atoms. The van der Waals surface area contributed by atoms with Gasteiger partial charge in [0.2, 0.25) is 0 Å². The maximum absolute atomic E-state index is 12.2. The van der Waals surface area contributed by atoms with Crippen LogP contribution < -0.4 is 5.32 Å². The van der Waals surface area contributed by atoms with Crippen molar-refractivity contribution in [3.8, 4) is 0 Å². The Morgan fingerprint density at radius 3 is 2.52 bits per heavy atom. The van der Waals surface area contributed by atoms with E-state index >= 15 is 0 Å². The van der Waals surface area contributed by atoms with Crippen LogP contribution >= 0.6 is 11.3 Å². The number of carbonyl (C=O) groups excluding carboxylic acids is 1. The fraction of sp³-hybridized carbons (Fsp3) is 0.500. The second-order valence-electron chi connectivity index (χ2n) is 5.96. The van der Waals surface area contributed by atoms with Gasteiger partial charge in [0.15, 0.2) is 0 Å². The average molecular weight is 307 g/mol. The first kappa shape index (κ1) is 15.8. The summed E-state index contributed by atoms with van der Waals surface area (Å²) >= 11 is 1.31. The average Bonchev–Trinajstić information content (AvgIpc) is 2.83. The lowest BCUT2D eigenvalue weighted by Gasteiger charge is -2.31. The Morgan fingerprint density at radius 1 is 1.24 bits per heavy atom. The van der Waals surface area contributed by atoms with E-state index in [-0.39, 0.29) is 11.9 Å². The van der Waals surface area contributed by atoms with E-state index in [1.165, 1.54) is 23.8 Å². The fourth-order valence-corrected chi connectivity index (χ4v) is 3.85. The van der Waals surface area contributed by atoms with Crippen molar-refractivity contribution >= 4 is 29.3 Å². The van der Waals surface area contributed by atoms with Gasteiger partial charge in [0.1, 0.15) is 0 Å². The number of hydrogen-bond acceptors (Lipinski definition) is 3. The van der Waals surface area contributed by atoms with Crippen molar-refractivity contribution < 1.29 is 14.7 Å². The molecule has 1 fully saturated rings. The van der Waals surface area contributed by atoms with E-state index in [9.17, 15) is 9.59 Å². The Bertz CT molecular complexity index is 539. The van der Waals surface area contributed by atoms with Crippen LogP contribution in [-0.4, -0.2) is 23.0 Å². The van der Waals surface area contributed by atoms with Crippen LogP contribution in [-0.2, 0) is 4.79 Å². The molecule has 0 spiro atoms. The van der Waals surface area contributed by atoms with E-state index in [4.69, 9.17) is 5.11 Å². The maximum Gasteiger partial charge on any atom is 0.328 e. The number of thiophene rings is 1. The van der Waals surface area contributed by atoms with Gasteiger partial charge in [-0.05, 0) is 49.3 Å². The number of carboxylic acids is 1. The van der Waals surface area contributed by atoms with Gasteiger partial charge in [-0.1, -0.05) is 13.8 Å². The third-order valence-corrected chi connectivity index (χ3v) is 4.80. The number of carbonyl (C=O) groups is 2. The topological polar surface area (TPSA) is 66.4 Å². The zero-order valence-corrected chi connectivity index (χ0v) is 13.2. The van der Waals surface area contributed by atoms with Crippen molar-refractivity contribution in [2.24, 2.45) is 11.8 Å². The van der Waals surface area contributed by atoms with Crippen LogP contribution in [0.15, 0.2) is 18.2 Å². The van der Waals surface area contributed by atoms with E-state index in [1.54, 1.807) is 12.1 Å². The van der Waals surface area contributed by atoms with Gasteiger partial charge < -0.3 is 10.4 Å². The lowest BCUT2D eigenvalue weighted by Crippen LogP contribution is -2.39. The quantitative estimate of drug-likeness (QED) is 0.838. The van der Waals surface area contributed by atoms with Gasteiger partial charge in [0, 0.05) is 17.0 Å². The number of amides is 1. The van der Waals surface area contributed by atoms with E-state index in [1.807, 2.05) is 0 Å². The highest BCUT2D eigenvalue weighted by Gasteiger charge is 2.25. The molecule has 1 aromatic rings. The van der Waals surface area contributed by atoms with Gasteiger partial charge in [-0.25, -0.2) is 4.79 Å². The lowest BCUT2D eigenvalue weighted by atomic mass is 9.80. The van der Waals surface area contributed by atoms with Gasteiger partial charge >= 0.3 is 5.97 Å². The summed E-state index contributed by atoms with van der Waals surface area (Å²) in [6, 6.07) is 3.76. The molecule has 2 N–H and O–H groups in total. The summed E-state index contributed by atoms with van der Waals surface area (Å²) < 4.78 is 0. The Balaban J connectivity index is 1.95. The molecule has 1 saturated carbocycles. The normalized spacial score (nSPS) is 25.9. The second-order valence-corrected chi connectivity index (χ2v) is 7.08. The number of carboxylic acid groups (broad SMARTS) is 1. The number of nitrogens with one attached hydrogen (secondary N) is 1. The second kappa shape index (κ2) is 6.89. The zero-order valence-electron chi connectivity index (χ0n) is 12.3. The summed E-state index contributed by atoms with van der Waals surface area (Å²) in [6.07, 6.45) is 5.89. The van der Waals surface area contributed by atoms with E-state index in [2.05, 4.69) is 19.2 Å². The Kier molecular flexibility index (Phi) is 5.17. The molecule has 21 heavy (non-hydrogen) atoms. The minimum atomic E-state index is -0.986. The highest BCUT2D eigenvalue weighted by Crippen LogP contribution is 2.29. The van der Waals surface area contributed by atoms with Crippen LogP contribution in [0.1, 0.15) is 47.7 Å². The predicted octanol–water partition coefficient (Wildman–Crippen LogP) is 3.40. The van der Waals surface area contributed by atoms with E-state index in [0.29, 0.717) is 16.7 Å². The fourth-order valence-electron chi connectivity index (χ4n) is 3.04. The Morgan fingerprint density at radius 2 is 1.90 bits per heavy atom. The number of hydrogen-bond donors (Lipinski definition) is 2. The molecule has 0 aliphatic heterocycles. The van der Waals surface area contributed by atoms with Gasteiger partial charge in [-0.3, -0.25) is 4.79 Å². The lowest BCUT2D eigenvalue weighted by molar-refractivity contribution is -0.131. The molecule has 2 rings (SSSR count). The van der Waals surface area contributed by atoms with Crippen LogP contribution in [0, 0.1) is 11.8 Å². The first-order valence-electron chi connectivity index (χ1n) is 7.25. The van der Waals surface area contributed by atoms with Crippen molar-refractivity contribution in [3.05, 3.63) is 28.0 Å². The third-order valence-electron chi connectivity index (χ3n) is 3.75. The molecule has 2 unspecified atom stereocenters. The third kappa shape index (κ3) is 4.70. The van der Waals surface area contributed by atoms with Gasteiger partial charge in [0.25, 0.3) is 5.91 Å². The van der Waals surface area contributed by atoms with Crippen LogP contribution in [0.25, 0.3) is 6.08 Å². The number of aliphatic carboxylic acids is 1. The summed E-state index contributed by atoms with van der Waals surface area (Å²) in [6.45, 7) is 4.46. The van der Waals surface area contributed by atoms with Gasteiger partial charge in [0.05, 0.1) is 4.88 Å². The van der Waals surface area contributed by atoms with Crippen LogP contribution in [0.5, 0.6) is 0 Å². The predicted molar refractivity (Wildman–Crippen MR) is 84.4 cm³/mol. The molecule has 1 aromatic heterocycles.